The first-order valence-electron chi connectivity index (χ1n) is 23.6. The topological polar surface area (TPSA) is 218 Å². The highest BCUT2D eigenvalue weighted by Crippen LogP contribution is 2.41. The summed E-state index contributed by atoms with van der Waals surface area (Å²) in [6, 6.07) is 16.1. The van der Waals surface area contributed by atoms with E-state index in [1.807, 2.05) is 42.6 Å². The molecule has 5 aliphatic rings. The zero-order valence-electron chi connectivity index (χ0n) is 38.0. The molecule has 17 nitrogen and oxygen atoms in total. The van der Waals surface area contributed by atoms with E-state index in [2.05, 4.69) is 52.8 Å². The minimum atomic E-state index is -0.675. The zero-order valence-corrected chi connectivity index (χ0v) is 38.8. The molecule has 18 heteroatoms. The second-order valence-electron chi connectivity index (χ2n) is 18.9. The first kappa shape index (κ1) is 46.1. The lowest BCUT2D eigenvalue weighted by atomic mass is 9.91. The predicted molar refractivity (Wildman–Crippen MR) is 252 cm³/mol. The van der Waals surface area contributed by atoms with E-state index in [0.717, 1.165) is 123 Å². The predicted octanol–water partition coefficient (Wildman–Crippen LogP) is 5.25. The molecule has 3 unspecified atom stereocenters. The second-order valence-corrected chi connectivity index (χ2v) is 20.0. The van der Waals surface area contributed by atoms with Crippen molar-refractivity contribution in [3.63, 3.8) is 0 Å². The lowest BCUT2D eigenvalue weighted by Gasteiger charge is -2.37. The monoisotopic (exact) mass is 929 g/mol. The summed E-state index contributed by atoms with van der Waals surface area (Å²) in [5.74, 6) is 1.36. The van der Waals surface area contributed by atoms with Crippen LogP contribution in [-0.4, -0.2) is 105 Å². The number of rotatable bonds is 17. The molecule has 9 rings (SSSR count). The van der Waals surface area contributed by atoms with Gasteiger partial charge in [-0.3, -0.25) is 29.3 Å². The molecule has 2 aromatic carbocycles. The average molecular weight is 930 g/mol. The van der Waals surface area contributed by atoms with Gasteiger partial charge in [-0.25, -0.2) is 9.97 Å². The van der Waals surface area contributed by atoms with Crippen LogP contribution in [0.3, 0.4) is 0 Å². The van der Waals surface area contributed by atoms with Crippen molar-refractivity contribution >= 4 is 58.6 Å². The number of nitrogens with two attached hydrogens (primary N) is 1. The zero-order chi connectivity index (χ0) is 46.5. The highest BCUT2D eigenvalue weighted by molar-refractivity contribution is 7.99. The van der Waals surface area contributed by atoms with Crippen molar-refractivity contribution < 1.29 is 28.7 Å². The summed E-state index contributed by atoms with van der Waals surface area (Å²) in [4.78, 5) is 79.0. The van der Waals surface area contributed by atoms with Crippen molar-refractivity contribution in [2.24, 2.45) is 17.6 Å². The molecule has 4 aliphatic heterocycles. The Morgan fingerprint density at radius 3 is 2.46 bits per heavy atom. The molecule has 2 aromatic heterocycles. The van der Waals surface area contributed by atoms with Crippen molar-refractivity contribution in [1.82, 2.24) is 35.7 Å². The van der Waals surface area contributed by atoms with Crippen LogP contribution in [0.25, 0.3) is 0 Å². The first-order chi connectivity index (χ1) is 32.4. The van der Waals surface area contributed by atoms with Gasteiger partial charge in [-0.05, 0) is 111 Å². The standard InChI is InChI=1S/C49H59N11O6S/c1-49(50)16-18-58(19-17-49)42-26-52-45(27-51-42)67-37-8-6-7-35(24-37)54-43(61)9-4-2-3-5-20-66-36-22-32-28-59(29-33(32)23-36)41-14-12-39(56-57-41)46(63)53-25-31-10-11-38-34(21-31)30-60(48(38)65)40-13-15-44(62)55-47(40)64/h6-8,10-12,14,21,24,26-27,32-33,36,40H,2-5,9,13,15-20,22-23,25,28-30,50H2,1H3,(H,53,63)(H,54,61)(H,55,62,64). The molecular formula is C49H59N11O6S. The Morgan fingerprint density at radius 1 is 0.910 bits per heavy atom. The molecule has 352 valence electrons. The Kier molecular flexibility index (Phi) is 14.1. The van der Waals surface area contributed by atoms with E-state index in [-0.39, 0.29) is 60.5 Å². The number of imide groups is 1. The molecule has 67 heavy (non-hydrogen) atoms. The molecule has 4 fully saturated rings. The molecular weight excluding hydrogens is 871 g/mol. The van der Waals surface area contributed by atoms with Crippen LogP contribution in [-0.2, 0) is 32.2 Å². The third-order valence-corrected chi connectivity index (χ3v) is 14.7. The Bertz CT molecular complexity index is 2450. The van der Waals surface area contributed by atoms with E-state index >= 15 is 0 Å². The summed E-state index contributed by atoms with van der Waals surface area (Å²) >= 11 is 1.52. The number of unbranched alkanes of at least 4 members (excludes halogenated alkanes) is 3. The molecule has 3 saturated heterocycles. The van der Waals surface area contributed by atoms with Gasteiger partial charge in [-0.2, -0.15) is 0 Å². The van der Waals surface area contributed by atoms with E-state index < -0.39 is 11.9 Å². The number of carbonyl (C=O) groups is 5. The van der Waals surface area contributed by atoms with E-state index in [1.54, 1.807) is 24.4 Å². The number of carbonyl (C=O) groups excluding carboxylic acids is 5. The van der Waals surface area contributed by atoms with Crippen LogP contribution in [0.2, 0.25) is 0 Å². The SMILES string of the molecule is CC1(N)CCN(c2cnc(Sc3cccc(NC(=O)CCCCCCOC4CC5CN(c6ccc(C(=O)NCc7ccc8c(c7)CN(C7CCC(=O)NC7=O)C8=O)nn6)CC5C4)c3)cn2)CC1. The van der Waals surface area contributed by atoms with Gasteiger partial charge in [0.25, 0.3) is 11.8 Å². The maximum Gasteiger partial charge on any atom is 0.272 e. The van der Waals surface area contributed by atoms with E-state index in [4.69, 9.17) is 10.5 Å². The Hall–Kier alpha value is -5.98. The van der Waals surface area contributed by atoms with E-state index in [0.29, 0.717) is 30.2 Å². The van der Waals surface area contributed by atoms with Crippen LogP contribution in [0, 0.1) is 11.8 Å². The number of ether oxygens (including phenoxy) is 1. The quantitative estimate of drug-likeness (QED) is 0.0786. The number of anilines is 3. The summed E-state index contributed by atoms with van der Waals surface area (Å²) in [6.07, 6.45) is 12.6. The van der Waals surface area contributed by atoms with Crippen molar-refractivity contribution in [2.45, 2.75) is 118 Å². The van der Waals surface area contributed by atoms with Crippen LogP contribution in [0.4, 0.5) is 17.3 Å². The molecule has 0 radical (unpaired) electrons. The fraction of sp³-hybridized carbons (Fsp3) is 0.490. The minimum Gasteiger partial charge on any atom is -0.378 e. The number of fused-ring (bicyclic) bond motifs is 2. The summed E-state index contributed by atoms with van der Waals surface area (Å²) < 4.78 is 6.31. The summed E-state index contributed by atoms with van der Waals surface area (Å²) in [5, 5.41) is 17.7. The smallest absolute Gasteiger partial charge is 0.272 e. The van der Waals surface area contributed by atoms with Crippen LogP contribution in [0.5, 0.6) is 0 Å². The Labute approximate surface area is 394 Å². The normalized spacial score (nSPS) is 22.1. The highest BCUT2D eigenvalue weighted by Gasteiger charge is 2.42. The van der Waals surface area contributed by atoms with Gasteiger partial charge in [0.15, 0.2) is 11.5 Å². The average Bonchev–Trinajstić information content (AvgIpc) is 4.00. The van der Waals surface area contributed by atoms with Gasteiger partial charge in [-0.15, -0.1) is 10.2 Å². The largest absolute Gasteiger partial charge is 0.378 e. The molecule has 3 atom stereocenters. The fourth-order valence-corrected chi connectivity index (χ4v) is 10.7. The van der Waals surface area contributed by atoms with Gasteiger partial charge >= 0.3 is 0 Å². The molecule has 5 N–H and O–H groups in total. The highest BCUT2D eigenvalue weighted by atomic mass is 32.2. The number of nitrogens with zero attached hydrogens (tertiary/aromatic N) is 7. The van der Waals surface area contributed by atoms with Gasteiger partial charge in [0.1, 0.15) is 16.9 Å². The molecule has 6 heterocycles. The molecule has 1 aliphatic carbocycles. The maximum absolute atomic E-state index is 13.0. The number of amides is 5. The maximum atomic E-state index is 13.0. The third-order valence-electron chi connectivity index (χ3n) is 13.8. The molecule has 0 spiro atoms. The van der Waals surface area contributed by atoms with Crippen LogP contribution >= 0.6 is 11.8 Å². The summed E-state index contributed by atoms with van der Waals surface area (Å²) in [5.41, 5.74) is 9.29. The van der Waals surface area contributed by atoms with Crippen molar-refractivity contribution in [3.05, 3.63) is 89.4 Å². The third kappa shape index (κ3) is 11.4. The lowest BCUT2D eigenvalue weighted by Crippen LogP contribution is -2.52. The lowest BCUT2D eigenvalue weighted by molar-refractivity contribution is -0.137. The van der Waals surface area contributed by atoms with Crippen molar-refractivity contribution in [3.8, 4) is 0 Å². The molecule has 5 amide bonds. The van der Waals surface area contributed by atoms with Crippen LogP contribution in [0.15, 0.2) is 76.9 Å². The Morgan fingerprint density at radius 2 is 1.72 bits per heavy atom. The van der Waals surface area contributed by atoms with Gasteiger partial charge < -0.3 is 35.8 Å². The number of hydrogen-bond acceptors (Lipinski definition) is 14. The number of piperidine rings is 2. The number of nitrogens with one attached hydrogen (secondary N) is 3. The second kappa shape index (κ2) is 20.5. The molecule has 0 bridgehead atoms. The van der Waals surface area contributed by atoms with Crippen molar-refractivity contribution in [2.75, 3.05) is 47.9 Å². The molecule has 1 saturated carbocycles. The van der Waals surface area contributed by atoms with Crippen LogP contribution < -0.4 is 31.5 Å². The number of benzene rings is 2. The Balaban J connectivity index is 0.625. The number of aromatic nitrogens is 4. The summed E-state index contributed by atoms with van der Waals surface area (Å²) in [6.45, 7) is 6.87. The first-order valence-corrected chi connectivity index (χ1v) is 24.4. The molecule has 4 aromatic rings. The fourth-order valence-electron chi connectivity index (χ4n) is 9.94. The summed E-state index contributed by atoms with van der Waals surface area (Å²) in [7, 11) is 0. The van der Waals surface area contributed by atoms with E-state index in [9.17, 15) is 24.0 Å². The number of hydrogen-bond donors (Lipinski definition) is 4. The van der Waals surface area contributed by atoms with Gasteiger partial charge in [-0.1, -0.05) is 42.8 Å². The van der Waals surface area contributed by atoms with Gasteiger partial charge in [0.05, 0.1) is 18.5 Å². The van der Waals surface area contributed by atoms with Crippen molar-refractivity contribution in [1.29, 1.82) is 0 Å². The van der Waals surface area contributed by atoms with Crippen LogP contribution in [0.1, 0.15) is 110 Å². The van der Waals surface area contributed by atoms with E-state index in [1.165, 1.54) is 16.7 Å². The van der Waals surface area contributed by atoms with Gasteiger partial charge in [0, 0.05) is 80.4 Å². The minimum absolute atomic E-state index is 0.0177. The van der Waals surface area contributed by atoms with Gasteiger partial charge in [0.2, 0.25) is 17.7 Å².